The Hall–Kier alpha value is -1.79. The fourth-order valence-electron chi connectivity index (χ4n) is 1.01. The van der Waals surface area contributed by atoms with Crippen molar-refractivity contribution in [1.82, 2.24) is 0 Å². The Labute approximate surface area is 89.6 Å². The van der Waals surface area contributed by atoms with Gasteiger partial charge in [0.1, 0.15) is 19.0 Å². The summed E-state index contributed by atoms with van der Waals surface area (Å²) in [5, 5.41) is 11.1. The summed E-state index contributed by atoms with van der Waals surface area (Å²) in [6, 6.07) is 2.73. The second-order valence-electron chi connectivity index (χ2n) is 3.05. The molecule has 0 radical (unpaired) electrons. The molecule has 0 aliphatic rings. The molecule has 0 aromatic carbocycles. The minimum absolute atomic E-state index is 0.0605. The summed E-state index contributed by atoms with van der Waals surface area (Å²) >= 11 is 0. The van der Waals surface area contributed by atoms with Gasteiger partial charge in [0.15, 0.2) is 12.8 Å². The first kappa shape index (κ1) is 12.3. The summed E-state index contributed by atoms with van der Waals surface area (Å²) < 4.78 is 41.7. The van der Waals surface area contributed by atoms with Crippen molar-refractivity contribution in [2.75, 3.05) is 6.61 Å². The van der Waals surface area contributed by atoms with E-state index in [1.165, 1.54) is 18.3 Å². The molecule has 0 unspecified atom stereocenters. The largest absolute Gasteiger partial charge is 0.484 e. The third-order valence-electron chi connectivity index (χ3n) is 1.75. The van der Waals surface area contributed by atoms with Crippen LogP contribution in [0.25, 0.3) is 0 Å². The van der Waals surface area contributed by atoms with Crippen LogP contribution in [0.15, 0.2) is 23.5 Å². The zero-order valence-electron chi connectivity index (χ0n) is 8.40. The number of halogens is 3. The van der Waals surface area contributed by atoms with Crippen LogP contribution in [-0.2, 0) is 7.05 Å². The molecule has 0 saturated heterocycles. The Bertz CT molecular complexity index is 391. The molecular weight excluding hydrogens is 225 g/mol. The van der Waals surface area contributed by atoms with Gasteiger partial charge in [0.2, 0.25) is 5.69 Å². The van der Waals surface area contributed by atoms with Crippen molar-refractivity contribution in [3.63, 3.8) is 0 Å². The summed E-state index contributed by atoms with van der Waals surface area (Å²) in [6.45, 7) is -1.35. The van der Waals surface area contributed by atoms with Crippen LogP contribution in [0.2, 0.25) is 0 Å². The zero-order valence-corrected chi connectivity index (χ0v) is 8.40. The maximum Gasteiger partial charge on any atom is 0.422 e. The lowest BCUT2D eigenvalue weighted by atomic mass is 10.3. The van der Waals surface area contributed by atoms with E-state index >= 15 is 0 Å². The average molecular weight is 235 g/mol. The zero-order chi connectivity index (χ0) is 12.2. The summed E-state index contributed by atoms with van der Waals surface area (Å²) in [5.41, 5.74) is 0.419. The topological polar surface area (TPSA) is 45.7 Å². The van der Waals surface area contributed by atoms with Crippen LogP contribution in [0.3, 0.4) is 0 Å². The minimum atomic E-state index is -4.37. The number of aromatic nitrogens is 1. The molecule has 1 aromatic rings. The van der Waals surface area contributed by atoms with Crippen LogP contribution in [0.4, 0.5) is 13.2 Å². The molecule has 7 heteroatoms. The monoisotopic (exact) mass is 235 g/mol. The predicted molar refractivity (Wildman–Crippen MR) is 48.5 cm³/mol. The number of hydrogen-bond donors (Lipinski definition) is 1. The van der Waals surface area contributed by atoms with Gasteiger partial charge in [0.25, 0.3) is 0 Å². The first-order valence-electron chi connectivity index (χ1n) is 4.29. The molecule has 1 aromatic heterocycles. The highest BCUT2D eigenvalue weighted by Gasteiger charge is 2.28. The maximum atomic E-state index is 11.9. The van der Waals surface area contributed by atoms with Crippen molar-refractivity contribution in [1.29, 1.82) is 0 Å². The van der Waals surface area contributed by atoms with Gasteiger partial charge in [-0.3, -0.25) is 0 Å². The molecule has 4 nitrogen and oxygen atoms in total. The molecule has 1 heterocycles. The van der Waals surface area contributed by atoms with Crippen molar-refractivity contribution in [3.05, 3.63) is 24.0 Å². The van der Waals surface area contributed by atoms with Gasteiger partial charge in [-0.1, -0.05) is 5.16 Å². The van der Waals surface area contributed by atoms with Crippen molar-refractivity contribution in [3.8, 4) is 5.75 Å². The van der Waals surface area contributed by atoms with Crippen LogP contribution in [0, 0.1) is 0 Å². The molecule has 0 bridgehead atoms. The fraction of sp³-hybridized carbons (Fsp3) is 0.333. The smallest absolute Gasteiger partial charge is 0.422 e. The van der Waals surface area contributed by atoms with Crippen LogP contribution in [-0.4, -0.2) is 24.2 Å². The van der Waals surface area contributed by atoms with Gasteiger partial charge in [0, 0.05) is 6.07 Å². The number of alkyl halides is 3. The third-order valence-corrected chi connectivity index (χ3v) is 1.75. The van der Waals surface area contributed by atoms with E-state index in [4.69, 9.17) is 5.21 Å². The van der Waals surface area contributed by atoms with Crippen LogP contribution in [0.1, 0.15) is 5.69 Å². The van der Waals surface area contributed by atoms with E-state index in [-0.39, 0.29) is 5.75 Å². The molecule has 0 aliphatic carbocycles. The van der Waals surface area contributed by atoms with Gasteiger partial charge in [-0.25, -0.2) is 0 Å². The number of hydrogen-bond acceptors (Lipinski definition) is 3. The molecule has 0 fully saturated rings. The third kappa shape index (κ3) is 3.76. The van der Waals surface area contributed by atoms with Gasteiger partial charge >= 0.3 is 6.18 Å². The lowest BCUT2D eigenvalue weighted by Crippen LogP contribution is -2.33. The number of rotatable bonds is 3. The highest BCUT2D eigenvalue weighted by molar-refractivity contribution is 5.74. The van der Waals surface area contributed by atoms with Crippen molar-refractivity contribution in [2.24, 2.45) is 12.2 Å². The van der Waals surface area contributed by atoms with E-state index < -0.39 is 12.8 Å². The van der Waals surface area contributed by atoms with Crippen LogP contribution < -0.4 is 9.30 Å². The lowest BCUT2D eigenvalue weighted by molar-refractivity contribution is -0.672. The summed E-state index contributed by atoms with van der Waals surface area (Å²) in [6.07, 6.45) is -1.77. The van der Waals surface area contributed by atoms with E-state index in [0.717, 1.165) is 6.21 Å². The number of ether oxygens (including phenoxy) is 1. The van der Waals surface area contributed by atoms with Crippen LogP contribution >= 0.6 is 0 Å². The molecule has 1 N–H and O–H groups in total. The van der Waals surface area contributed by atoms with Crippen molar-refractivity contribution < 1.29 is 27.7 Å². The summed E-state index contributed by atoms with van der Waals surface area (Å²) in [5.74, 6) is 0.0605. The molecule has 88 valence electrons. The second kappa shape index (κ2) is 4.82. The maximum absolute atomic E-state index is 11.9. The first-order chi connectivity index (χ1) is 7.42. The molecule has 0 aliphatic heterocycles. The lowest BCUT2D eigenvalue weighted by Gasteiger charge is -2.08. The Morgan fingerprint density at radius 3 is 2.81 bits per heavy atom. The number of aryl methyl sites for hydroxylation is 1. The molecular formula is C9H10F3N2O2+. The Morgan fingerprint density at radius 2 is 2.25 bits per heavy atom. The second-order valence-corrected chi connectivity index (χ2v) is 3.05. The summed E-state index contributed by atoms with van der Waals surface area (Å²) in [4.78, 5) is 0. The molecule has 1 rings (SSSR count). The molecule has 0 saturated carbocycles. The normalized spacial score (nSPS) is 12.0. The van der Waals surface area contributed by atoms with Gasteiger partial charge in [-0.15, -0.1) is 0 Å². The average Bonchev–Trinajstić information content (AvgIpc) is 2.18. The van der Waals surface area contributed by atoms with Crippen LogP contribution in [0.5, 0.6) is 5.75 Å². The minimum Gasteiger partial charge on any atom is -0.484 e. The van der Waals surface area contributed by atoms with E-state index in [9.17, 15) is 13.2 Å². The van der Waals surface area contributed by atoms with Gasteiger partial charge < -0.3 is 9.94 Å². The standard InChI is InChI=1S/C9H9F3N2O2/c1-14-3-2-8(4-7(14)5-13-15)16-6-9(10,11)12/h2-5H,6H2,1H3/p+1. The molecule has 0 atom stereocenters. The SMILES string of the molecule is C[n+]1ccc(OCC(F)(F)F)cc1/C=N/O. The Morgan fingerprint density at radius 1 is 1.56 bits per heavy atom. The van der Waals surface area contributed by atoms with E-state index in [2.05, 4.69) is 9.89 Å². The van der Waals surface area contributed by atoms with E-state index in [0.29, 0.717) is 5.69 Å². The number of pyridine rings is 1. The number of nitrogens with zero attached hydrogens (tertiary/aromatic N) is 2. The highest BCUT2D eigenvalue weighted by Crippen LogP contribution is 2.17. The van der Waals surface area contributed by atoms with E-state index in [1.807, 2.05) is 0 Å². The van der Waals surface area contributed by atoms with E-state index in [1.54, 1.807) is 11.6 Å². The van der Waals surface area contributed by atoms with Crippen molar-refractivity contribution >= 4 is 6.21 Å². The Balaban J connectivity index is 2.79. The quantitative estimate of drug-likeness (QED) is 0.371. The summed E-state index contributed by atoms with van der Waals surface area (Å²) in [7, 11) is 1.66. The first-order valence-corrected chi connectivity index (χ1v) is 4.29. The Kier molecular flexibility index (Phi) is 3.70. The predicted octanol–water partition coefficient (Wildman–Crippen LogP) is 1.26. The highest BCUT2D eigenvalue weighted by atomic mass is 19.4. The van der Waals surface area contributed by atoms with Gasteiger partial charge in [0.05, 0.1) is 6.07 Å². The molecule has 0 amide bonds. The molecule has 0 spiro atoms. The number of oxime groups is 1. The molecule has 16 heavy (non-hydrogen) atoms. The van der Waals surface area contributed by atoms with Gasteiger partial charge in [-0.05, 0) is 0 Å². The van der Waals surface area contributed by atoms with Crippen molar-refractivity contribution in [2.45, 2.75) is 6.18 Å². The van der Waals surface area contributed by atoms with Gasteiger partial charge in [-0.2, -0.15) is 17.7 Å². The fourth-order valence-corrected chi connectivity index (χ4v) is 1.01.